The maximum Gasteiger partial charge on any atom is 0.240 e. The second-order valence-corrected chi connectivity index (χ2v) is 6.72. The monoisotopic (exact) mass is 363 g/mol. The van der Waals surface area contributed by atoms with Crippen LogP contribution in [0.25, 0.3) is 6.08 Å². The van der Waals surface area contributed by atoms with Crippen molar-refractivity contribution >= 4 is 40.9 Å². The van der Waals surface area contributed by atoms with Gasteiger partial charge in [-0.3, -0.25) is 9.59 Å². The molecule has 0 bridgehead atoms. The molecule has 0 saturated carbocycles. The van der Waals surface area contributed by atoms with Crippen molar-refractivity contribution in [3.8, 4) is 0 Å². The van der Waals surface area contributed by atoms with Gasteiger partial charge >= 0.3 is 0 Å². The minimum absolute atomic E-state index is 0.0613. The fourth-order valence-corrected chi connectivity index (χ4v) is 3.26. The number of benzene rings is 2. The van der Waals surface area contributed by atoms with E-state index >= 15 is 0 Å². The lowest BCUT2D eigenvalue weighted by Gasteiger charge is -2.04. The van der Waals surface area contributed by atoms with Crippen molar-refractivity contribution in [1.82, 2.24) is 5.32 Å². The van der Waals surface area contributed by atoms with Gasteiger partial charge in [0.1, 0.15) is 0 Å². The molecule has 5 nitrogen and oxygen atoms in total. The van der Waals surface area contributed by atoms with E-state index in [0.717, 1.165) is 5.56 Å². The summed E-state index contributed by atoms with van der Waals surface area (Å²) in [6.45, 7) is 0. The fourth-order valence-electron chi connectivity index (χ4n) is 2.34. The van der Waals surface area contributed by atoms with E-state index in [9.17, 15) is 9.59 Å². The molecular formula is C20H17N3O2S. The quantitative estimate of drug-likeness (QED) is 0.485. The minimum atomic E-state index is -0.475. The molecule has 0 aliphatic carbocycles. The van der Waals surface area contributed by atoms with Gasteiger partial charge < -0.3 is 5.32 Å². The van der Waals surface area contributed by atoms with Gasteiger partial charge in [-0.1, -0.05) is 78.5 Å². The number of nitrogens with one attached hydrogen (secondary N) is 1. The van der Waals surface area contributed by atoms with E-state index in [4.69, 9.17) is 0 Å². The van der Waals surface area contributed by atoms with Gasteiger partial charge in [-0.15, -0.1) is 5.10 Å². The number of carbonyl (C=O) groups excluding carboxylic acids is 2. The smallest absolute Gasteiger partial charge is 0.240 e. The molecule has 0 radical (unpaired) electrons. The molecule has 2 aromatic rings. The Morgan fingerprint density at radius 3 is 2.50 bits per heavy atom. The van der Waals surface area contributed by atoms with Gasteiger partial charge in [0.05, 0.1) is 5.25 Å². The van der Waals surface area contributed by atoms with Gasteiger partial charge in [0.2, 0.25) is 5.91 Å². The lowest BCUT2D eigenvalue weighted by Crippen LogP contribution is -2.26. The number of ketones is 1. The Balaban J connectivity index is 1.54. The van der Waals surface area contributed by atoms with Crippen LogP contribution in [0.2, 0.25) is 0 Å². The summed E-state index contributed by atoms with van der Waals surface area (Å²) >= 11 is 1.23. The Labute approximate surface area is 155 Å². The molecule has 1 heterocycles. The molecule has 2 aromatic carbocycles. The SMILES string of the molecule is O=C(CC1S/C(=N/N=C/C=C/c2ccccc2)NC1=O)c1ccccc1. The first-order chi connectivity index (χ1) is 12.7. The number of amidine groups is 1. The zero-order valence-corrected chi connectivity index (χ0v) is 14.7. The number of nitrogens with zero attached hydrogens (tertiary/aromatic N) is 2. The van der Waals surface area contributed by atoms with E-state index in [1.807, 2.05) is 42.5 Å². The first kappa shape index (κ1) is 17.8. The van der Waals surface area contributed by atoms with Gasteiger partial charge in [-0.25, -0.2) is 0 Å². The predicted octanol–water partition coefficient (Wildman–Crippen LogP) is 3.55. The summed E-state index contributed by atoms with van der Waals surface area (Å²) in [6, 6.07) is 18.8. The van der Waals surface area contributed by atoms with Crippen LogP contribution in [0.1, 0.15) is 22.3 Å². The maximum absolute atomic E-state index is 12.2. The van der Waals surface area contributed by atoms with Crippen molar-refractivity contribution in [2.45, 2.75) is 11.7 Å². The van der Waals surface area contributed by atoms with E-state index in [2.05, 4.69) is 15.5 Å². The van der Waals surface area contributed by atoms with Crippen LogP contribution < -0.4 is 5.32 Å². The van der Waals surface area contributed by atoms with Crippen LogP contribution >= 0.6 is 11.8 Å². The summed E-state index contributed by atoms with van der Waals surface area (Å²) in [7, 11) is 0. The minimum Gasteiger partial charge on any atom is -0.303 e. The molecule has 0 aromatic heterocycles. The van der Waals surface area contributed by atoms with Crippen LogP contribution in [0.3, 0.4) is 0 Å². The third-order valence-corrected chi connectivity index (χ3v) is 4.70. The lowest BCUT2D eigenvalue weighted by molar-refractivity contribution is -0.118. The second-order valence-electron chi connectivity index (χ2n) is 5.53. The van der Waals surface area contributed by atoms with E-state index in [1.165, 1.54) is 11.8 Å². The largest absolute Gasteiger partial charge is 0.303 e. The maximum atomic E-state index is 12.2. The number of carbonyl (C=O) groups is 2. The average molecular weight is 363 g/mol. The van der Waals surface area contributed by atoms with E-state index < -0.39 is 5.25 Å². The summed E-state index contributed by atoms with van der Waals surface area (Å²) in [6.07, 6.45) is 5.37. The Kier molecular flexibility index (Phi) is 6.11. The summed E-state index contributed by atoms with van der Waals surface area (Å²) in [4.78, 5) is 24.2. The third kappa shape index (κ3) is 5.00. The summed E-state index contributed by atoms with van der Waals surface area (Å²) in [5.41, 5.74) is 1.67. The molecule has 3 rings (SSSR count). The lowest BCUT2D eigenvalue weighted by atomic mass is 10.1. The molecule has 0 spiro atoms. The molecule has 1 unspecified atom stereocenters. The predicted molar refractivity (Wildman–Crippen MR) is 106 cm³/mol. The van der Waals surface area contributed by atoms with Crippen LogP contribution in [0.5, 0.6) is 0 Å². The molecular weight excluding hydrogens is 346 g/mol. The van der Waals surface area contributed by atoms with Gasteiger partial charge in [0.15, 0.2) is 11.0 Å². The molecule has 1 saturated heterocycles. The van der Waals surface area contributed by atoms with Crippen molar-refractivity contribution in [1.29, 1.82) is 0 Å². The van der Waals surface area contributed by atoms with Gasteiger partial charge in [-0.2, -0.15) is 5.10 Å². The molecule has 26 heavy (non-hydrogen) atoms. The highest BCUT2D eigenvalue weighted by molar-refractivity contribution is 8.15. The van der Waals surface area contributed by atoms with Crippen molar-refractivity contribution in [2.75, 3.05) is 0 Å². The number of allylic oxidation sites excluding steroid dienone is 1. The molecule has 1 amide bonds. The average Bonchev–Trinajstić information content (AvgIpc) is 3.02. The molecule has 1 N–H and O–H groups in total. The van der Waals surface area contributed by atoms with Gasteiger partial charge in [-0.05, 0) is 11.6 Å². The Morgan fingerprint density at radius 2 is 1.77 bits per heavy atom. The molecule has 1 aliphatic heterocycles. The van der Waals surface area contributed by atoms with Crippen molar-refractivity contribution in [2.24, 2.45) is 10.2 Å². The standard InChI is InChI=1S/C20H17N3O2S/c24-17(16-11-5-2-6-12-16)14-18-19(25)22-20(26-18)23-21-13-7-10-15-8-3-1-4-9-15/h1-13,18H,14H2,(H,22,23,25)/b10-7+,21-13+. The van der Waals surface area contributed by atoms with Crippen molar-refractivity contribution in [3.05, 3.63) is 77.9 Å². The third-order valence-electron chi connectivity index (χ3n) is 3.63. The van der Waals surface area contributed by atoms with Gasteiger partial charge in [0.25, 0.3) is 0 Å². The number of rotatable bonds is 6. The van der Waals surface area contributed by atoms with E-state index in [-0.39, 0.29) is 18.1 Å². The Hall–Kier alpha value is -2.99. The molecule has 1 aliphatic rings. The highest BCUT2D eigenvalue weighted by atomic mass is 32.2. The van der Waals surface area contributed by atoms with Crippen LogP contribution in [0.4, 0.5) is 0 Å². The zero-order chi connectivity index (χ0) is 18.2. The normalized spacial score (nSPS) is 18.7. The molecule has 1 atom stereocenters. The summed E-state index contributed by atoms with van der Waals surface area (Å²) in [5, 5.41) is 10.5. The highest BCUT2D eigenvalue weighted by Gasteiger charge is 2.32. The topological polar surface area (TPSA) is 70.9 Å². The number of hydrogen-bond donors (Lipinski definition) is 1. The number of hydrogen-bond acceptors (Lipinski definition) is 5. The van der Waals surface area contributed by atoms with Crippen LogP contribution in [0.15, 0.2) is 76.9 Å². The number of Topliss-reactive ketones (excluding diaryl/α,β-unsaturated/α-hetero) is 1. The fraction of sp³-hybridized carbons (Fsp3) is 0.100. The van der Waals surface area contributed by atoms with Crippen LogP contribution in [0, 0.1) is 0 Å². The van der Waals surface area contributed by atoms with E-state index in [0.29, 0.717) is 10.7 Å². The van der Waals surface area contributed by atoms with Crippen molar-refractivity contribution in [3.63, 3.8) is 0 Å². The van der Waals surface area contributed by atoms with Crippen molar-refractivity contribution < 1.29 is 9.59 Å². The Bertz CT molecular complexity index is 861. The first-order valence-electron chi connectivity index (χ1n) is 8.11. The van der Waals surface area contributed by atoms with Crippen LogP contribution in [-0.2, 0) is 4.79 Å². The molecule has 130 valence electrons. The highest BCUT2D eigenvalue weighted by Crippen LogP contribution is 2.24. The molecule has 6 heteroatoms. The van der Waals surface area contributed by atoms with Gasteiger partial charge in [0, 0.05) is 18.2 Å². The number of thioether (sulfide) groups is 1. The van der Waals surface area contributed by atoms with Crippen LogP contribution in [-0.4, -0.2) is 28.3 Å². The van der Waals surface area contributed by atoms with E-state index in [1.54, 1.807) is 36.6 Å². The Morgan fingerprint density at radius 1 is 1.08 bits per heavy atom. The first-order valence-corrected chi connectivity index (χ1v) is 8.99. The number of amides is 1. The summed E-state index contributed by atoms with van der Waals surface area (Å²) < 4.78 is 0. The zero-order valence-electron chi connectivity index (χ0n) is 13.9. The summed E-state index contributed by atoms with van der Waals surface area (Å²) in [5.74, 6) is -0.276. The second kappa shape index (κ2) is 8.92. The molecule has 1 fully saturated rings.